The van der Waals surface area contributed by atoms with Gasteiger partial charge in [0.25, 0.3) is 0 Å². The number of rotatable bonds is 7. The SMILES string of the molecule is CC(C)(C)CN1CCN(Cc2ccc(N(Cc3ccc(-c4nnc(C(F)(F)F)o4)cc3F)C(=O)N3CCS(=O)(=O)CC3)cc2)CC1. The Morgan fingerprint density at radius 2 is 1.54 bits per heavy atom. The monoisotopic (exact) mass is 666 g/mol. The van der Waals surface area contributed by atoms with E-state index in [2.05, 4.69) is 45.2 Å². The van der Waals surface area contributed by atoms with E-state index in [1.807, 2.05) is 12.1 Å². The normalized spacial score (nSPS) is 18.1. The van der Waals surface area contributed by atoms with E-state index in [4.69, 9.17) is 0 Å². The Morgan fingerprint density at radius 3 is 2.11 bits per heavy atom. The topological polar surface area (TPSA) is 103 Å². The van der Waals surface area contributed by atoms with Crippen LogP contribution in [-0.2, 0) is 29.1 Å². The zero-order chi connectivity index (χ0) is 33.3. The highest BCUT2D eigenvalue weighted by Crippen LogP contribution is 2.31. The van der Waals surface area contributed by atoms with Gasteiger partial charge in [0, 0.05) is 69.2 Å². The van der Waals surface area contributed by atoms with Crippen LogP contribution in [0.4, 0.5) is 28.0 Å². The lowest BCUT2D eigenvalue weighted by molar-refractivity contribution is -0.156. The second-order valence-corrected chi connectivity index (χ2v) is 15.3. The van der Waals surface area contributed by atoms with Crippen molar-refractivity contribution in [3.05, 3.63) is 65.3 Å². The quantitative estimate of drug-likeness (QED) is 0.328. The second-order valence-electron chi connectivity index (χ2n) is 13.0. The highest BCUT2D eigenvalue weighted by Gasteiger charge is 2.38. The predicted molar refractivity (Wildman–Crippen MR) is 164 cm³/mol. The van der Waals surface area contributed by atoms with E-state index in [0.717, 1.165) is 50.9 Å². The first-order chi connectivity index (χ1) is 21.6. The lowest BCUT2D eigenvalue weighted by atomic mass is 9.96. The van der Waals surface area contributed by atoms with E-state index < -0.39 is 39.6 Å². The molecule has 2 aliphatic heterocycles. The van der Waals surface area contributed by atoms with Crippen LogP contribution in [0.1, 0.15) is 37.8 Å². The highest BCUT2D eigenvalue weighted by molar-refractivity contribution is 7.91. The number of halogens is 4. The van der Waals surface area contributed by atoms with E-state index in [9.17, 15) is 26.4 Å². The molecule has 15 heteroatoms. The molecular formula is C31H38F4N6O4S. The second kappa shape index (κ2) is 13.3. The van der Waals surface area contributed by atoms with Gasteiger partial charge in [0.15, 0.2) is 9.84 Å². The largest absolute Gasteiger partial charge is 0.470 e. The van der Waals surface area contributed by atoms with Crippen molar-refractivity contribution in [2.45, 2.75) is 40.0 Å². The maximum absolute atomic E-state index is 15.4. The fourth-order valence-electron chi connectivity index (χ4n) is 5.59. The van der Waals surface area contributed by atoms with Crippen molar-refractivity contribution in [2.24, 2.45) is 5.41 Å². The summed E-state index contributed by atoms with van der Waals surface area (Å²) in [4.78, 5) is 21.4. The summed E-state index contributed by atoms with van der Waals surface area (Å²) in [5.74, 6) is -3.15. The van der Waals surface area contributed by atoms with Crippen molar-refractivity contribution in [1.29, 1.82) is 0 Å². The number of amides is 2. The lowest BCUT2D eigenvalue weighted by Gasteiger charge is -2.38. The fourth-order valence-corrected chi connectivity index (χ4v) is 6.79. The molecule has 2 aliphatic rings. The van der Waals surface area contributed by atoms with Crippen LogP contribution in [0.25, 0.3) is 11.5 Å². The molecule has 2 saturated heterocycles. The number of benzene rings is 2. The number of urea groups is 1. The summed E-state index contributed by atoms with van der Waals surface area (Å²) in [7, 11) is -3.25. The summed E-state index contributed by atoms with van der Waals surface area (Å²) in [6.07, 6.45) is -4.84. The summed E-state index contributed by atoms with van der Waals surface area (Å²) in [6.45, 7) is 12.2. The first kappa shape index (κ1) is 33.8. The van der Waals surface area contributed by atoms with Gasteiger partial charge in [-0.15, -0.1) is 10.2 Å². The minimum Gasteiger partial charge on any atom is -0.413 e. The molecule has 0 radical (unpaired) electrons. The van der Waals surface area contributed by atoms with Crippen molar-refractivity contribution in [1.82, 2.24) is 24.9 Å². The Hall–Kier alpha value is -3.56. The van der Waals surface area contributed by atoms with Gasteiger partial charge in [-0.25, -0.2) is 17.6 Å². The number of hydrogen-bond acceptors (Lipinski definition) is 8. The third-order valence-corrected chi connectivity index (χ3v) is 9.57. The van der Waals surface area contributed by atoms with Crippen molar-refractivity contribution >= 4 is 21.6 Å². The van der Waals surface area contributed by atoms with Gasteiger partial charge in [-0.3, -0.25) is 9.80 Å². The van der Waals surface area contributed by atoms with Crippen LogP contribution in [0, 0.1) is 11.2 Å². The van der Waals surface area contributed by atoms with Gasteiger partial charge in [-0.2, -0.15) is 13.2 Å². The Bertz CT molecular complexity index is 1620. The van der Waals surface area contributed by atoms with Gasteiger partial charge in [0.1, 0.15) is 5.82 Å². The molecule has 0 spiro atoms. The number of piperazine rings is 1. The van der Waals surface area contributed by atoms with Crippen molar-refractivity contribution in [3.63, 3.8) is 0 Å². The van der Waals surface area contributed by atoms with Crippen LogP contribution in [0.15, 0.2) is 46.9 Å². The van der Waals surface area contributed by atoms with Gasteiger partial charge in [-0.05, 0) is 35.2 Å². The van der Waals surface area contributed by atoms with Crippen LogP contribution in [0.5, 0.6) is 0 Å². The van der Waals surface area contributed by atoms with Gasteiger partial charge >= 0.3 is 18.1 Å². The fraction of sp³-hybridized carbons (Fsp3) is 0.516. The standard InChI is InChI=1S/C31H38F4N6O4S/c1-30(2,3)21-39-12-10-38(11-13-39)19-22-4-8-25(9-5-22)41(29(42)40-14-16-46(43,44)17-15-40)20-24-7-6-23(18-26(24)32)27-36-37-28(45-27)31(33,34)35/h4-9,18H,10-17,19-21H2,1-3H3. The van der Waals surface area contributed by atoms with Crippen LogP contribution in [0.3, 0.4) is 0 Å². The molecule has 0 saturated carbocycles. The molecule has 2 amide bonds. The van der Waals surface area contributed by atoms with Gasteiger partial charge in [0.05, 0.1) is 18.1 Å². The predicted octanol–water partition coefficient (Wildman–Crippen LogP) is 4.92. The molecule has 2 fully saturated rings. The third kappa shape index (κ3) is 8.62. The molecule has 46 heavy (non-hydrogen) atoms. The summed E-state index contributed by atoms with van der Waals surface area (Å²) < 4.78 is 82.7. The molecule has 3 heterocycles. The Balaban J connectivity index is 1.32. The average Bonchev–Trinajstić information content (AvgIpc) is 3.49. The average molecular weight is 667 g/mol. The maximum atomic E-state index is 15.4. The lowest BCUT2D eigenvalue weighted by Crippen LogP contribution is -2.49. The first-order valence-corrected chi connectivity index (χ1v) is 16.9. The van der Waals surface area contributed by atoms with E-state index in [1.165, 1.54) is 21.9 Å². The third-order valence-electron chi connectivity index (χ3n) is 7.96. The molecule has 0 unspecified atom stereocenters. The molecule has 0 atom stereocenters. The Labute approximate surface area is 265 Å². The molecule has 1 aromatic heterocycles. The first-order valence-electron chi connectivity index (χ1n) is 15.1. The van der Waals surface area contributed by atoms with E-state index >= 15 is 4.39 Å². The zero-order valence-corrected chi connectivity index (χ0v) is 26.9. The number of alkyl halides is 3. The van der Waals surface area contributed by atoms with Crippen LogP contribution >= 0.6 is 0 Å². The molecule has 0 aliphatic carbocycles. The molecule has 10 nitrogen and oxygen atoms in total. The number of nitrogens with zero attached hydrogens (tertiary/aromatic N) is 6. The summed E-state index contributed by atoms with van der Waals surface area (Å²) >= 11 is 0. The zero-order valence-electron chi connectivity index (χ0n) is 26.1. The van der Waals surface area contributed by atoms with Crippen molar-refractivity contribution < 1.29 is 35.2 Å². The Morgan fingerprint density at radius 1 is 0.913 bits per heavy atom. The molecule has 5 rings (SSSR count). The minimum atomic E-state index is -4.84. The van der Waals surface area contributed by atoms with Gasteiger partial charge < -0.3 is 14.2 Å². The molecule has 250 valence electrons. The molecule has 2 aromatic carbocycles. The number of aromatic nitrogens is 2. The summed E-state index contributed by atoms with van der Waals surface area (Å²) in [6, 6.07) is 10.6. The number of sulfone groups is 1. The van der Waals surface area contributed by atoms with Crippen molar-refractivity contribution in [2.75, 3.05) is 62.2 Å². The van der Waals surface area contributed by atoms with Crippen molar-refractivity contribution in [3.8, 4) is 11.5 Å². The number of hydrogen-bond donors (Lipinski definition) is 0. The smallest absolute Gasteiger partial charge is 0.413 e. The van der Waals surface area contributed by atoms with Gasteiger partial charge in [0.2, 0.25) is 5.89 Å². The maximum Gasteiger partial charge on any atom is 0.470 e. The number of carbonyl (C=O) groups excluding carboxylic acids is 1. The molecular weight excluding hydrogens is 628 g/mol. The summed E-state index contributed by atoms with van der Waals surface area (Å²) in [5, 5.41) is 6.35. The molecule has 0 N–H and O–H groups in total. The van der Waals surface area contributed by atoms with E-state index in [1.54, 1.807) is 12.1 Å². The van der Waals surface area contributed by atoms with Crippen LogP contribution < -0.4 is 4.90 Å². The van der Waals surface area contributed by atoms with E-state index in [-0.39, 0.29) is 47.7 Å². The Kier molecular flexibility index (Phi) is 9.76. The van der Waals surface area contributed by atoms with Crippen LogP contribution in [0.2, 0.25) is 0 Å². The highest BCUT2D eigenvalue weighted by atomic mass is 32.2. The summed E-state index contributed by atoms with van der Waals surface area (Å²) in [5.41, 5.74) is 1.83. The van der Waals surface area contributed by atoms with Crippen LogP contribution in [-0.4, -0.2) is 96.7 Å². The van der Waals surface area contributed by atoms with E-state index in [0.29, 0.717) is 5.69 Å². The van der Waals surface area contributed by atoms with Gasteiger partial charge in [-0.1, -0.05) is 39.0 Å². The number of anilines is 1. The molecule has 3 aromatic rings. The minimum absolute atomic E-state index is 0.0110. The molecule has 0 bridgehead atoms. The number of carbonyl (C=O) groups is 1.